The van der Waals surface area contributed by atoms with E-state index in [1.54, 1.807) is 19.5 Å². The van der Waals surface area contributed by atoms with Gasteiger partial charge in [0.2, 0.25) is 5.13 Å². The number of amides is 1. The smallest absolute Gasteiger partial charge is 0.296 e. The maximum absolute atomic E-state index is 13.2. The third kappa shape index (κ3) is 5.12. The average Bonchev–Trinajstić information content (AvgIpc) is 3.43. The molecule has 1 saturated heterocycles. The van der Waals surface area contributed by atoms with Crippen molar-refractivity contribution in [3.63, 3.8) is 0 Å². The molecule has 0 aliphatic carbocycles. The van der Waals surface area contributed by atoms with Crippen LogP contribution in [0.4, 0.5) is 5.13 Å². The lowest BCUT2D eigenvalue weighted by atomic mass is 9.93. The molecule has 0 unspecified atom stereocenters. The fourth-order valence-corrected chi connectivity index (χ4v) is 4.42. The van der Waals surface area contributed by atoms with Crippen molar-refractivity contribution in [1.82, 2.24) is 20.2 Å². The summed E-state index contributed by atoms with van der Waals surface area (Å²) in [6, 6.07) is 3.74. The van der Waals surface area contributed by atoms with Crippen LogP contribution in [0.1, 0.15) is 35.6 Å². The first-order valence-electron chi connectivity index (χ1n) is 10.7. The van der Waals surface area contributed by atoms with Crippen LogP contribution in [0.3, 0.4) is 0 Å². The van der Waals surface area contributed by atoms with Crippen LogP contribution in [0, 0.1) is 25.7 Å². The zero-order chi connectivity index (χ0) is 23.5. The first-order valence-corrected chi connectivity index (χ1v) is 11.5. The van der Waals surface area contributed by atoms with Gasteiger partial charge in [0.05, 0.1) is 32.1 Å². The van der Waals surface area contributed by atoms with Crippen LogP contribution in [-0.2, 0) is 4.74 Å². The molecule has 0 aromatic carbocycles. The summed E-state index contributed by atoms with van der Waals surface area (Å²) in [5, 5.41) is 11.7. The van der Waals surface area contributed by atoms with Crippen LogP contribution in [0.25, 0.3) is 11.1 Å². The standard InChI is InChI=1S/C23H27N5O4S/c1-12(2)18-10-31-11-20(18)32-23-28-27-22(33-23)26-21(29)17-8-24-13(3)6-15(17)16-7-14(4)25-9-19(16)30-5/h6-9,12,18,20H,10-11H2,1-5H3,(H,26,27,29)/t18-,20+/m1/s1. The van der Waals surface area contributed by atoms with E-state index >= 15 is 0 Å². The Morgan fingerprint density at radius 1 is 1.12 bits per heavy atom. The van der Waals surface area contributed by atoms with Crippen LogP contribution in [0.2, 0.25) is 0 Å². The van der Waals surface area contributed by atoms with Crippen LogP contribution in [0.5, 0.6) is 10.9 Å². The molecule has 1 aliphatic rings. The molecule has 1 aliphatic heterocycles. The van der Waals surface area contributed by atoms with E-state index in [1.807, 2.05) is 26.0 Å². The van der Waals surface area contributed by atoms with E-state index in [2.05, 4.69) is 39.3 Å². The fourth-order valence-electron chi connectivity index (χ4n) is 3.78. The Morgan fingerprint density at radius 2 is 1.85 bits per heavy atom. The Labute approximate surface area is 196 Å². The third-order valence-corrected chi connectivity index (χ3v) is 6.33. The number of carbonyl (C=O) groups is 1. The van der Waals surface area contributed by atoms with Crippen molar-refractivity contribution in [1.29, 1.82) is 0 Å². The normalized spacial score (nSPS) is 17.9. The zero-order valence-electron chi connectivity index (χ0n) is 19.3. The highest BCUT2D eigenvalue weighted by molar-refractivity contribution is 7.17. The first kappa shape index (κ1) is 23.1. The summed E-state index contributed by atoms with van der Waals surface area (Å²) in [6.07, 6.45) is 3.13. The quantitative estimate of drug-likeness (QED) is 0.555. The predicted octanol–water partition coefficient (Wildman–Crippen LogP) is 3.92. The summed E-state index contributed by atoms with van der Waals surface area (Å²) < 4.78 is 17.0. The van der Waals surface area contributed by atoms with E-state index in [-0.39, 0.29) is 12.0 Å². The van der Waals surface area contributed by atoms with Crippen LogP contribution < -0.4 is 14.8 Å². The first-order chi connectivity index (χ1) is 15.9. The molecule has 0 spiro atoms. The van der Waals surface area contributed by atoms with Crippen molar-refractivity contribution in [3.05, 3.63) is 41.5 Å². The number of methoxy groups -OCH3 is 1. The van der Waals surface area contributed by atoms with Crippen LogP contribution >= 0.6 is 11.3 Å². The van der Waals surface area contributed by atoms with Crippen molar-refractivity contribution < 1.29 is 19.0 Å². The number of rotatable bonds is 7. The molecule has 1 fully saturated rings. The Bertz CT molecular complexity index is 1150. The van der Waals surface area contributed by atoms with Gasteiger partial charge in [-0.05, 0) is 43.2 Å². The summed E-state index contributed by atoms with van der Waals surface area (Å²) in [5.41, 5.74) is 3.46. The van der Waals surface area contributed by atoms with Gasteiger partial charge < -0.3 is 14.2 Å². The lowest BCUT2D eigenvalue weighted by molar-refractivity contribution is 0.102. The van der Waals surface area contributed by atoms with Crippen molar-refractivity contribution >= 4 is 22.4 Å². The number of aryl methyl sites for hydroxylation is 2. The van der Waals surface area contributed by atoms with Crippen LogP contribution in [-0.4, -0.2) is 52.5 Å². The Morgan fingerprint density at radius 3 is 2.58 bits per heavy atom. The number of nitrogens with zero attached hydrogens (tertiary/aromatic N) is 4. The van der Waals surface area contributed by atoms with Gasteiger partial charge in [0.25, 0.3) is 11.1 Å². The minimum absolute atomic E-state index is 0.0724. The molecule has 3 aromatic heterocycles. The second kappa shape index (κ2) is 9.80. The molecule has 4 rings (SSSR count). The molecule has 3 aromatic rings. The maximum atomic E-state index is 13.2. The van der Waals surface area contributed by atoms with Gasteiger partial charge in [-0.2, -0.15) is 0 Å². The minimum Gasteiger partial charge on any atom is -0.494 e. The van der Waals surface area contributed by atoms with Gasteiger partial charge in [0, 0.05) is 34.6 Å². The van der Waals surface area contributed by atoms with Crippen molar-refractivity contribution in [3.8, 4) is 22.1 Å². The molecule has 4 heterocycles. The molecule has 174 valence electrons. The van der Waals surface area contributed by atoms with E-state index in [1.165, 1.54) is 11.3 Å². The summed E-state index contributed by atoms with van der Waals surface area (Å²) in [6.45, 7) is 9.25. The minimum atomic E-state index is -0.346. The van der Waals surface area contributed by atoms with E-state index in [9.17, 15) is 4.79 Å². The highest BCUT2D eigenvalue weighted by Crippen LogP contribution is 2.34. The van der Waals surface area contributed by atoms with E-state index in [0.29, 0.717) is 52.3 Å². The van der Waals surface area contributed by atoms with Gasteiger partial charge in [-0.25, -0.2) is 0 Å². The molecule has 1 N–H and O–H groups in total. The van der Waals surface area contributed by atoms with Gasteiger partial charge >= 0.3 is 0 Å². The highest BCUT2D eigenvalue weighted by atomic mass is 32.1. The highest BCUT2D eigenvalue weighted by Gasteiger charge is 2.33. The number of pyridine rings is 2. The monoisotopic (exact) mass is 469 g/mol. The molecular formula is C23H27N5O4S. The summed E-state index contributed by atoms with van der Waals surface area (Å²) in [7, 11) is 1.58. The molecule has 2 atom stereocenters. The molecule has 0 radical (unpaired) electrons. The number of ether oxygens (including phenoxy) is 3. The second-order valence-electron chi connectivity index (χ2n) is 8.33. The number of aromatic nitrogens is 4. The summed E-state index contributed by atoms with van der Waals surface area (Å²) >= 11 is 1.18. The fraction of sp³-hybridized carbons (Fsp3) is 0.435. The number of anilines is 1. The average molecular weight is 470 g/mol. The Kier molecular flexibility index (Phi) is 6.85. The number of hydrogen-bond acceptors (Lipinski definition) is 9. The summed E-state index contributed by atoms with van der Waals surface area (Å²) in [4.78, 5) is 21.8. The SMILES string of the molecule is COc1cnc(C)cc1-c1cc(C)ncc1C(=O)Nc1nnc(O[C@H]2COC[C@@H]2C(C)C)s1. The van der Waals surface area contributed by atoms with Crippen molar-refractivity contribution in [2.75, 3.05) is 25.6 Å². The largest absolute Gasteiger partial charge is 0.494 e. The van der Waals surface area contributed by atoms with Gasteiger partial charge in [-0.3, -0.25) is 20.1 Å². The van der Waals surface area contributed by atoms with Crippen molar-refractivity contribution in [2.24, 2.45) is 11.8 Å². The van der Waals surface area contributed by atoms with E-state index < -0.39 is 0 Å². The number of carbonyl (C=O) groups excluding carboxylic acids is 1. The van der Waals surface area contributed by atoms with E-state index in [0.717, 1.165) is 17.0 Å². The van der Waals surface area contributed by atoms with Crippen LogP contribution in [0.15, 0.2) is 24.5 Å². The van der Waals surface area contributed by atoms with Gasteiger partial charge in [-0.15, -0.1) is 5.10 Å². The maximum Gasteiger partial charge on any atom is 0.296 e. The lowest BCUT2D eigenvalue weighted by Crippen LogP contribution is -2.29. The number of nitrogens with one attached hydrogen (secondary N) is 1. The molecule has 33 heavy (non-hydrogen) atoms. The molecule has 10 heteroatoms. The third-order valence-electron chi connectivity index (χ3n) is 5.60. The molecule has 9 nitrogen and oxygen atoms in total. The molecule has 1 amide bonds. The molecule has 0 saturated carbocycles. The topological polar surface area (TPSA) is 108 Å². The zero-order valence-corrected chi connectivity index (χ0v) is 20.1. The van der Waals surface area contributed by atoms with Gasteiger partial charge in [-0.1, -0.05) is 18.9 Å². The second-order valence-corrected chi connectivity index (χ2v) is 9.27. The molecule has 0 bridgehead atoms. The van der Waals surface area contributed by atoms with E-state index in [4.69, 9.17) is 14.2 Å². The molecular weight excluding hydrogens is 442 g/mol. The van der Waals surface area contributed by atoms with Gasteiger partial charge in [0.1, 0.15) is 11.9 Å². The van der Waals surface area contributed by atoms with Gasteiger partial charge in [0.15, 0.2) is 0 Å². The predicted molar refractivity (Wildman–Crippen MR) is 125 cm³/mol. The number of hydrogen-bond donors (Lipinski definition) is 1. The summed E-state index contributed by atoms with van der Waals surface area (Å²) in [5.74, 6) is 0.962. The lowest BCUT2D eigenvalue weighted by Gasteiger charge is -2.20. The Balaban J connectivity index is 1.55. The van der Waals surface area contributed by atoms with Crippen molar-refractivity contribution in [2.45, 2.75) is 33.8 Å². The Hall–Kier alpha value is -3.11.